The Morgan fingerprint density at radius 3 is 1.30 bits per heavy atom. The fourth-order valence-electron chi connectivity index (χ4n) is 7.43. The van der Waals surface area contributed by atoms with Crippen LogP contribution in [0, 0.1) is 102 Å². The lowest BCUT2D eigenvalue weighted by molar-refractivity contribution is -0.386. The molecule has 544 valence electrons. The van der Waals surface area contributed by atoms with Crippen LogP contribution in [-0.2, 0) is 25.8 Å². The lowest BCUT2D eigenvalue weighted by Crippen LogP contribution is -2.22. The highest BCUT2D eigenvalue weighted by Crippen LogP contribution is 2.33. The number of carbonyl (C=O) groups excluding carboxylic acids is 2. The van der Waals surface area contributed by atoms with Gasteiger partial charge in [0, 0.05) is 66.0 Å². The number of imidazole rings is 3. The Labute approximate surface area is 605 Å². The lowest BCUT2D eigenvalue weighted by Gasteiger charge is -2.11. The van der Waals surface area contributed by atoms with E-state index < -0.39 is 48.9 Å². The van der Waals surface area contributed by atoms with Gasteiger partial charge in [0.2, 0.25) is 11.5 Å². The number of aliphatic carboxylic acids is 1. The summed E-state index contributed by atoms with van der Waals surface area (Å²) in [6.07, 6.45) is 11.2. The molecule has 33 nitrogen and oxygen atoms in total. The van der Waals surface area contributed by atoms with E-state index in [2.05, 4.69) is 53.4 Å². The molecule has 9 heterocycles. The molecular weight excluding hydrogens is 1390 g/mol. The van der Waals surface area contributed by atoms with Crippen molar-refractivity contribution in [1.82, 2.24) is 43.1 Å². The third kappa shape index (κ3) is 24.1. The maximum Gasteiger partial charge on any atom is 0.355 e. The van der Waals surface area contributed by atoms with E-state index >= 15 is 0 Å². The Bertz CT molecular complexity index is 4750. The van der Waals surface area contributed by atoms with Crippen LogP contribution >= 0.6 is 34.3 Å². The molecule has 1 amide bonds. The van der Waals surface area contributed by atoms with Gasteiger partial charge in [-0.15, -0.1) is 34.3 Å². The Morgan fingerprint density at radius 1 is 0.563 bits per heavy atom. The van der Waals surface area contributed by atoms with Gasteiger partial charge in [0.1, 0.15) is 62.7 Å². The molecule has 9 aromatic rings. The molecule has 0 aliphatic rings. The SMILES string of the molecule is CC(C)(C#N)C(=O)CCl.CC(C)(C#N)C(=O)O.CCOc1cc(N)ncc1[N+](=O)[O-].CCOc1cc2nc(C(C)(C)C#N)cn2cc1N.CCOc1cc2nc(C(C)(C)C#N)cn2cc1NC(=O)c1csc(C)n1.CCOc1cc2nc(C(C)(C)C#N)cn2cc1[N+](=O)[O-].Cc1nc(C(=O)O)cs1. The number of nitrogens with zero attached hydrogens (tertiary/aromatic N) is 16. The Morgan fingerprint density at radius 2 is 0.951 bits per heavy atom. The minimum absolute atomic E-state index is 0.0828. The molecule has 0 radical (unpaired) electrons. The fraction of sp³-hybridized carbons (Fsp3) is 0.388. The molecule has 0 aromatic carbocycles. The van der Waals surface area contributed by atoms with Crippen LogP contribution in [0.15, 0.2) is 78.4 Å². The average Bonchev–Trinajstić information content (AvgIpc) is 1.67. The summed E-state index contributed by atoms with van der Waals surface area (Å²) in [6, 6.07) is 16.5. The van der Waals surface area contributed by atoms with Crippen LogP contribution in [0.25, 0.3) is 16.9 Å². The molecule has 103 heavy (non-hydrogen) atoms. The first kappa shape index (κ1) is 85.1. The van der Waals surface area contributed by atoms with E-state index in [0.717, 1.165) is 27.6 Å². The number of rotatable bonds is 19. The summed E-state index contributed by atoms with van der Waals surface area (Å²) in [5.41, 5.74) is 12.1. The van der Waals surface area contributed by atoms with Crippen LogP contribution in [0.5, 0.6) is 23.0 Å². The largest absolute Gasteiger partial charge is 0.492 e. The summed E-state index contributed by atoms with van der Waals surface area (Å²) in [6.45, 7) is 29.2. The minimum atomic E-state index is -1.24. The highest BCUT2D eigenvalue weighted by Gasteiger charge is 2.29. The van der Waals surface area contributed by atoms with Crippen molar-refractivity contribution < 1.29 is 58.2 Å². The van der Waals surface area contributed by atoms with Gasteiger partial charge in [0.15, 0.2) is 11.5 Å². The summed E-state index contributed by atoms with van der Waals surface area (Å²) in [7, 11) is 0. The molecule has 0 atom stereocenters. The van der Waals surface area contributed by atoms with E-state index in [9.17, 15) is 44.7 Å². The van der Waals surface area contributed by atoms with E-state index in [0.29, 0.717) is 77.7 Å². The number of thiazole rings is 2. The number of nitriles is 5. The summed E-state index contributed by atoms with van der Waals surface area (Å²) in [5, 5.41) is 89.8. The van der Waals surface area contributed by atoms with Crippen molar-refractivity contribution in [2.24, 2.45) is 10.8 Å². The number of aromatic carboxylic acids is 1. The minimum Gasteiger partial charge on any atom is -0.492 e. The second-order valence-corrected chi connectivity index (χ2v) is 26.4. The lowest BCUT2D eigenvalue weighted by atomic mass is 9.91. The smallest absolute Gasteiger partial charge is 0.355 e. The quantitative estimate of drug-likeness (QED) is 0.0285. The van der Waals surface area contributed by atoms with Crippen molar-refractivity contribution in [1.29, 1.82) is 26.3 Å². The zero-order valence-electron chi connectivity index (χ0n) is 59.3. The number of Topliss-reactive ketones (excluding diaryl/α,β-unsaturated/α-hetero) is 1. The van der Waals surface area contributed by atoms with Gasteiger partial charge in [0.25, 0.3) is 5.91 Å². The van der Waals surface area contributed by atoms with Gasteiger partial charge in [-0.1, -0.05) is 0 Å². The van der Waals surface area contributed by atoms with Crippen molar-refractivity contribution in [2.45, 2.75) is 127 Å². The number of nitro groups is 2. The van der Waals surface area contributed by atoms with Crippen LogP contribution in [0.4, 0.5) is 28.6 Å². The number of ketones is 1. The zero-order valence-corrected chi connectivity index (χ0v) is 61.7. The standard InChI is InChI=1S/C18H19N5O2S.C13H14N4O3.C13H16N4O.C7H9N3O3.C6H8ClNO.C5H5NO2S.C5H7NO2/c1-5-25-14-6-16-22-15(18(3,4)10-19)8-23(16)7-12(14)21-17(24)13-9-26-11(2)20-13;1-4-20-10-5-12-15-11(13(2,3)8-14)7-16(12)6-9(10)17(18)19;1-4-18-10-5-12-16-11(13(2,3)8-14)7-17(12)6-9(10)15;1-2-13-6-3-7(8)9-4-5(6)10(11)12;1-6(2,4-8)5(9)3-7;1-3-6-4(2-9-3)5(7)8;1-5(2,3-6)4(7)8/h6-9H,5H2,1-4H3,(H,21,24);5-7H,4H2,1-3H3;5-7H,4,15H2,1-3H3;3-4H,2H2,1H3,(H2,8,9);3H2,1-2H3;2H,1H3,(H,7,8);1-2H3,(H,7,8). The predicted molar refractivity (Wildman–Crippen MR) is 383 cm³/mol. The Kier molecular flexibility index (Phi) is 30.9. The molecule has 0 saturated carbocycles. The number of aromatic nitrogens is 9. The molecule has 9 aromatic heterocycles. The maximum atomic E-state index is 12.4. The topological polar surface area (TPSA) is 506 Å². The number of ether oxygens (including phenoxy) is 4. The van der Waals surface area contributed by atoms with Crippen molar-refractivity contribution >= 4 is 103 Å². The number of nitrogens with one attached hydrogen (secondary N) is 1. The third-order valence-electron chi connectivity index (χ3n) is 13.7. The van der Waals surface area contributed by atoms with Crippen LogP contribution < -0.4 is 35.7 Å². The number of nitrogens with two attached hydrogens (primary N) is 2. The zero-order chi connectivity index (χ0) is 78.1. The number of carboxylic acid groups (broad SMARTS) is 2. The maximum absolute atomic E-state index is 12.4. The number of carboxylic acids is 2. The summed E-state index contributed by atoms with van der Waals surface area (Å²) in [4.78, 5) is 88.6. The van der Waals surface area contributed by atoms with Gasteiger partial charge < -0.3 is 54.7 Å². The Hall–Kier alpha value is -12.1. The number of alkyl halides is 1. The number of carbonyl (C=O) groups is 4. The van der Waals surface area contributed by atoms with E-state index in [4.69, 9.17) is 73.3 Å². The van der Waals surface area contributed by atoms with Gasteiger partial charge in [-0.05, 0) is 111 Å². The Balaban J connectivity index is 0.000000325. The normalized spacial score (nSPS) is 10.8. The number of halogens is 1. The first-order valence-corrected chi connectivity index (χ1v) is 33.1. The molecule has 0 fully saturated rings. The van der Waals surface area contributed by atoms with Crippen molar-refractivity contribution in [3.8, 4) is 53.3 Å². The number of hydrogen-bond donors (Lipinski definition) is 5. The van der Waals surface area contributed by atoms with Gasteiger partial charge in [-0.2, -0.15) is 26.3 Å². The summed E-state index contributed by atoms with van der Waals surface area (Å²) >= 11 is 7.98. The molecule has 7 N–H and O–H groups in total. The van der Waals surface area contributed by atoms with E-state index in [1.54, 1.807) is 101 Å². The monoisotopic (exact) mass is 1470 g/mol. The van der Waals surface area contributed by atoms with Crippen LogP contribution in [0.2, 0.25) is 0 Å². The number of nitrogen functional groups attached to an aromatic ring is 2. The van der Waals surface area contributed by atoms with E-state index in [-0.39, 0.29) is 52.0 Å². The van der Waals surface area contributed by atoms with Crippen molar-refractivity contribution in [3.05, 3.63) is 137 Å². The second-order valence-electron chi connectivity index (χ2n) is 24.0. The molecular formula is C67H78ClN19O14S2. The molecule has 0 saturated heterocycles. The molecule has 36 heteroatoms. The molecule has 0 aliphatic carbocycles. The predicted octanol–water partition coefficient (Wildman–Crippen LogP) is 12.2. The van der Waals surface area contributed by atoms with Crippen molar-refractivity contribution in [3.63, 3.8) is 0 Å². The van der Waals surface area contributed by atoms with Gasteiger partial charge >= 0.3 is 23.3 Å². The number of amides is 1. The number of pyridine rings is 4. The average molecular weight is 1470 g/mol. The van der Waals surface area contributed by atoms with E-state index in [1.807, 2.05) is 65.1 Å². The highest BCUT2D eigenvalue weighted by atomic mass is 35.5. The fourth-order valence-corrected chi connectivity index (χ4v) is 8.95. The number of fused-ring (bicyclic) bond motifs is 3. The number of aryl methyl sites for hydroxylation is 2. The van der Waals surface area contributed by atoms with Gasteiger partial charge in [0.05, 0.1) is 128 Å². The summed E-state index contributed by atoms with van der Waals surface area (Å²) in [5.74, 6) is -0.978. The molecule has 9 rings (SSSR count). The molecule has 0 bridgehead atoms. The number of hydrogen-bond acceptors (Lipinski definition) is 27. The van der Waals surface area contributed by atoms with Crippen LogP contribution in [0.3, 0.4) is 0 Å². The number of anilines is 3. The van der Waals surface area contributed by atoms with E-state index in [1.165, 1.54) is 64.6 Å². The second kappa shape index (κ2) is 37.4. The van der Waals surface area contributed by atoms with Crippen molar-refractivity contribution in [2.75, 3.05) is 49.1 Å². The highest BCUT2D eigenvalue weighted by molar-refractivity contribution is 7.10. The first-order chi connectivity index (χ1) is 48.1. The van der Waals surface area contributed by atoms with Crippen LogP contribution in [-0.4, -0.2) is 119 Å². The first-order valence-electron chi connectivity index (χ1n) is 30.8. The van der Waals surface area contributed by atoms with Gasteiger partial charge in [-0.25, -0.2) is 34.7 Å². The third-order valence-corrected chi connectivity index (χ3v) is 15.5. The van der Waals surface area contributed by atoms with Crippen LogP contribution in [0.1, 0.15) is 145 Å². The van der Waals surface area contributed by atoms with Gasteiger partial charge in [-0.3, -0.25) is 39.0 Å². The molecule has 0 unspecified atom stereocenters. The summed E-state index contributed by atoms with van der Waals surface area (Å²) < 4.78 is 26.5. The molecule has 0 aliphatic heterocycles. The molecule has 0 spiro atoms.